The van der Waals surface area contributed by atoms with Crippen LogP contribution in [0, 0.1) is 10.1 Å². The fraction of sp³-hybridized carbons (Fsp3) is 0.176. The molecule has 130 valence electrons. The largest absolute Gasteiger partial charge is 0.490 e. The standard InChI is InChI=1S/C17H17N3O5/c1-3-11-4-6-12(7-5-11)16(21)18-19-17(22)13-8-9-15(25-2)14(10-13)20(23)24/h4-10H,3H2,1-2H3,(H,18,21)(H,19,22). The molecule has 2 aromatic rings. The number of hydrazine groups is 1. The fourth-order valence-electron chi connectivity index (χ4n) is 2.12. The third kappa shape index (κ3) is 4.31. The van der Waals surface area contributed by atoms with Gasteiger partial charge >= 0.3 is 5.69 Å². The minimum atomic E-state index is -0.677. The fourth-order valence-corrected chi connectivity index (χ4v) is 2.12. The Bertz CT molecular complexity index is 802. The van der Waals surface area contributed by atoms with Crippen molar-refractivity contribution in [2.45, 2.75) is 13.3 Å². The summed E-state index contributed by atoms with van der Waals surface area (Å²) < 4.78 is 4.87. The van der Waals surface area contributed by atoms with Crippen molar-refractivity contribution in [1.29, 1.82) is 0 Å². The third-order valence-electron chi connectivity index (χ3n) is 3.55. The second-order valence-electron chi connectivity index (χ2n) is 5.10. The summed E-state index contributed by atoms with van der Waals surface area (Å²) in [6.07, 6.45) is 0.856. The molecule has 2 N–H and O–H groups in total. The number of hydrogen-bond donors (Lipinski definition) is 2. The van der Waals surface area contributed by atoms with E-state index in [2.05, 4.69) is 10.9 Å². The molecule has 8 heteroatoms. The van der Waals surface area contributed by atoms with Gasteiger partial charge in [0.05, 0.1) is 12.0 Å². The van der Waals surface area contributed by atoms with Gasteiger partial charge in [0.2, 0.25) is 0 Å². The van der Waals surface area contributed by atoms with E-state index in [1.165, 1.54) is 19.2 Å². The Balaban J connectivity index is 2.05. The van der Waals surface area contributed by atoms with Gasteiger partial charge in [-0.3, -0.25) is 30.6 Å². The Hall–Kier alpha value is -3.42. The summed E-state index contributed by atoms with van der Waals surface area (Å²) in [4.78, 5) is 34.4. The molecule has 0 atom stereocenters. The van der Waals surface area contributed by atoms with Crippen LogP contribution in [0.2, 0.25) is 0 Å². The van der Waals surface area contributed by atoms with Gasteiger partial charge in [-0.05, 0) is 36.2 Å². The summed E-state index contributed by atoms with van der Waals surface area (Å²) in [7, 11) is 1.30. The van der Waals surface area contributed by atoms with Crippen LogP contribution < -0.4 is 15.6 Å². The SMILES string of the molecule is CCc1ccc(C(=O)NNC(=O)c2ccc(OC)c([N+](=O)[O-])c2)cc1. The Labute approximate surface area is 143 Å². The van der Waals surface area contributed by atoms with E-state index in [4.69, 9.17) is 4.74 Å². The first kappa shape index (κ1) is 17.9. The number of hydrogen-bond acceptors (Lipinski definition) is 5. The lowest BCUT2D eigenvalue weighted by atomic mass is 10.1. The number of rotatable bonds is 5. The number of methoxy groups -OCH3 is 1. The van der Waals surface area contributed by atoms with Crippen molar-refractivity contribution in [2.75, 3.05) is 7.11 Å². The van der Waals surface area contributed by atoms with E-state index in [1.807, 2.05) is 19.1 Å². The average molecular weight is 343 g/mol. The normalized spacial score (nSPS) is 10.0. The van der Waals surface area contributed by atoms with E-state index in [0.29, 0.717) is 5.56 Å². The van der Waals surface area contributed by atoms with Gasteiger partial charge < -0.3 is 4.74 Å². The second kappa shape index (κ2) is 7.91. The van der Waals surface area contributed by atoms with Crippen LogP contribution in [0.4, 0.5) is 5.69 Å². The van der Waals surface area contributed by atoms with Gasteiger partial charge in [-0.25, -0.2) is 0 Å². The van der Waals surface area contributed by atoms with Crippen molar-refractivity contribution in [2.24, 2.45) is 0 Å². The van der Waals surface area contributed by atoms with Crippen LogP contribution in [0.3, 0.4) is 0 Å². The Morgan fingerprint density at radius 3 is 2.12 bits per heavy atom. The van der Waals surface area contributed by atoms with Crippen LogP contribution in [-0.2, 0) is 6.42 Å². The molecule has 0 radical (unpaired) electrons. The lowest BCUT2D eigenvalue weighted by Gasteiger charge is -2.08. The average Bonchev–Trinajstić information content (AvgIpc) is 2.65. The molecule has 0 heterocycles. The van der Waals surface area contributed by atoms with Gasteiger partial charge in [0.25, 0.3) is 11.8 Å². The maximum Gasteiger partial charge on any atom is 0.311 e. The highest BCUT2D eigenvalue weighted by Gasteiger charge is 2.18. The highest BCUT2D eigenvalue weighted by molar-refractivity contribution is 5.99. The molecule has 0 saturated carbocycles. The van der Waals surface area contributed by atoms with E-state index in [9.17, 15) is 19.7 Å². The Kier molecular flexibility index (Phi) is 5.67. The summed E-state index contributed by atoms with van der Waals surface area (Å²) in [6.45, 7) is 2.00. The van der Waals surface area contributed by atoms with Crippen LogP contribution >= 0.6 is 0 Å². The summed E-state index contributed by atoms with van der Waals surface area (Å²) in [5.41, 5.74) is 5.66. The molecular formula is C17H17N3O5. The van der Waals surface area contributed by atoms with Gasteiger partial charge in [-0.2, -0.15) is 0 Å². The number of amides is 2. The lowest BCUT2D eigenvalue weighted by Crippen LogP contribution is -2.41. The predicted octanol–water partition coefficient (Wildman–Crippen LogP) is 2.24. The number of nitro groups is 1. The van der Waals surface area contributed by atoms with Crippen LogP contribution in [0.15, 0.2) is 42.5 Å². The maximum atomic E-state index is 12.1. The Morgan fingerprint density at radius 2 is 1.60 bits per heavy atom. The topological polar surface area (TPSA) is 111 Å². The van der Waals surface area contributed by atoms with Crippen molar-refractivity contribution in [1.82, 2.24) is 10.9 Å². The molecule has 2 aromatic carbocycles. The maximum absolute atomic E-state index is 12.1. The van der Waals surface area contributed by atoms with E-state index in [-0.39, 0.29) is 17.0 Å². The summed E-state index contributed by atoms with van der Waals surface area (Å²) in [6, 6.07) is 10.7. The second-order valence-corrected chi connectivity index (χ2v) is 5.10. The number of ether oxygens (including phenoxy) is 1. The number of aryl methyl sites for hydroxylation is 1. The minimum Gasteiger partial charge on any atom is -0.490 e. The first-order chi connectivity index (χ1) is 12.0. The number of carbonyl (C=O) groups excluding carboxylic acids is 2. The summed E-state index contributed by atoms with van der Waals surface area (Å²) in [5.74, 6) is -1.12. The molecule has 0 fully saturated rings. The van der Waals surface area contributed by atoms with Gasteiger partial charge in [-0.1, -0.05) is 19.1 Å². The third-order valence-corrected chi connectivity index (χ3v) is 3.55. The zero-order valence-corrected chi connectivity index (χ0v) is 13.7. The molecule has 2 amide bonds. The van der Waals surface area contributed by atoms with Gasteiger partial charge in [0, 0.05) is 17.2 Å². The predicted molar refractivity (Wildman–Crippen MR) is 90.4 cm³/mol. The van der Waals surface area contributed by atoms with Crippen molar-refractivity contribution in [3.8, 4) is 5.75 Å². The number of benzene rings is 2. The van der Waals surface area contributed by atoms with Crippen LogP contribution in [-0.4, -0.2) is 23.8 Å². The van der Waals surface area contributed by atoms with Crippen LogP contribution in [0.1, 0.15) is 33.2 Å². The number of nitro benzene ring substituents is 1. The van der Waals surface area contributed by atoms with Crippen molar-refractivity contribution >= 4 is 17.5 Å². The molecule has 2 rings (SSSR count). The van der Waals surface area contributed by atoms with Crippen LogP contribution in [0.5, 0.6) is 5.75 Å². The Morgan fingerprint density at radius 1 is 1.04 bits per heavy atom. The number of nitrogens with zero attached hydrogens (tertiary/aromatic N) is 1. The monoisotopic (exact) mass is 343 g/mol. The zero-order chi connectivity index (χ0) is 18.4. The molecule has 0 saturated heterocycles. The minimum absolute atomic E-state index is 0.0223. The molecule has 0 aliphatic rings. The molecule has 25 heavy (non-hydrogen) atoms. The first-order valence-corrected chi connectivity index (χ1v) is 7.48. The van der Waals surface area contributed by atoms with Crippen molar-refractivity contribution in [3.63, 3.8) is 0 Å². The zero-order valence-electron chi connectivity index (χ0n) is 13.7. The van der Waals surface area contributed by atoms with Crippen LogP contribution in [0.25, 0.3) is 0 Å². The van der Waals surface area contributed by atoms with E-state index in [0.717, 1.165) is 18.1 Å². The molecular weight excluding hydrogens is 326 g/mol. The molecule has 0 unspecified atom stereocenters. The van der Waals surface area contributed by atoms with Crippen molar-refractivity contribution in [3.05, 3.63) is 69.3 Å². The molecule has 0 aromatic heterocycles. The molecule has 0 spiro atoms. The highest BCUT2D eigenvalue weighted by Crippen LogP contribution is 2.27. The summed E-state index contributed by atoms with van der Waals surface area (Å²) >= 11 is 0. The smallest absolute Gasteiger partial charge is 0.311 e. The molecule has 0 aliphatic carbocycles. The molecule has 8 nitrogen and oxygen atoms in total. The summed E-state index contributed by atoms with van der Waals surface area (Å²) in [5, 5.41) is 11.0. The van der Waals surface area contributed by atoms with E-state index < -0.39 is 16.7 Å². The van der Waals surface area contributed by atoms with E-state index >= 15 is 0 Å². The van der Waals surface area contributed by atoms with Gasteiger partial charge in [0.15, 0.2) is 5.75 Å². The molecule has 0 aliphatic heterocycles. The van der Waals surface area contributed by atoms with Crippen molar-refractivity contribution < 1.29 is 19.2 Å². The highest BCUT2D eigenvalue weighted by atomic mass is 16.6. The number of nitrogens with one attached hydrogen (secondary N) is 2. The van der Waals surface area contributed by atoms with Gasteiger partial charge in [0.1, 0.15) is 0 Å². The van der Waals surface area contributed by atoms with Gasteiger partial charge in [-0.15, -0.1) is 0 Å². The first-order valence-electron chi connectivity index (χ1n) is 7.48. The van der Waals surface area contributed by atoms with E-state index in [1.54, 1.807) is 12.1 Å². The number of carbonyl (C=O) groups is 2. The quantitative estimate of drug-likeness (QED) is 0.639. The molecule has 0 bridgehead atoms. The lowest BCUT2D eigenvalue weighted by molar-refractivity contribution is -0.385.